The zero-order valence-electron chi connectivity index (χ0n) is 35.3. The standard InChI is InChI=1S/C41H45N13O5.C2H6/c1-26(43)38(59-23-27-9-7-6-8-10-27)37(45-15-16-53-24-48-49-25-53)40-52-51-39(54(40)22-28-11-14-35(58-5)46-20-28)36-31(19-42)32(44-2)18-33(50-36)41(55)47-21-29-12-13-30(56-3)17-34(29)57-4;1-2/h6-14,17-20,24-25,42H,15-16,21-23,43H2,1-5H3,(H,44,50)(H,47,55);1-2H3/b38-26+,42-19?,45-37?;. The first kappa shape index (κ1) is 44.5. The molecule has 18 nitrogen and oxygen atoms in total. The number of methoxy groups -OCH3 is 3. The number of carbonyl (C=O) groups excluding carboxylic acids is 1. The maximum atomic E-state index is 13.9. The molecule has 1 amide bonds. The van der Waals surface area contributed by atoms with Gasteiger partial charge < -0.3 is 45.3 Å². The quantitative estimate of drug-likeness (QED) is 0.0602. The Morgan fingerprint density at radius 2 is 1.72 bits per heavy atom. The van der Waals surface area contributed by atoms with Gasteiger partial charge in [0.25, 0.3) is 5.91 Å². The summed E-state index contributed by atoms with van der Waals surface area (Å²) in [6.07, 6.45) is 6.03. The molecule has 4 aromatic heterocycles. The number of rotatable bonds is 19. The molecule has 318 valence electrons. The van der Waals surface area contributed by atoms with E-state index in [4.69, 9.17) is 40.1 Å². The van der Waals surface area contributed by atoms with Crippen molar-refractivity contribution in [1.82, 2.24) is 44.8 Å². The van der Waals surface area contributed by atoms with Gasteiger partial charge in [0.15, 0.2) is 17.4 Å². The highest BCUT2D eigenvalue weighted by molar-refractivity contribution is 6.10. The van der Waals surface area contributed by atoms with Crippen molar-refractivity contribution in [2.24, 2.45) is 10.7 Å². The number of pyridine rings is 2. The van der Waals surface area contributed by atoms with Gasteiger partial charge in [-0.05, 0) is 36.2 Å². The summed E-state index contributed by atoms with van der Waals surface area (Å²) in [6, 6.07) is 20.2. The molecule has 0 atom stereocenters. The molecule has 0 bridgehead atoms. The normalized spacial score (nSPS) is 11.4. The van der Waals surface area contributed by atoms with E-state index in [1.807, 2.05) is 56.3 Å². The Hall–Kier alpha value is -7.63. The van der Waals surface area contributed by atoms with Crippen LogP contribution in [0.25, 0.3) is 11.5 Å². The number of hydrogen-bond acceptors (Lipinski definition) is 15. The Kier molecular flexibility index (Phi) is 16.0. The van der Waals surface area contributed by atoms with Crippen molar-refractivity contribution in [1.29, 1.82) is 5.41 Å². The fourth-order valence-corrected chi connectivity index (χ4v) is 6.03. The van der Waals surface area contributed by atoms with E-state index < -0.39 is 5.91 Å². The fourth-order valence-electron chi connectivity index (χ4n) is 6.03. The van der Waals surface area contributed by atoms with Crippen molar-refractivity contribution in [3.05, 3.63) is 131 Å². The Labute approximate surface area is 354 Å². The van der Waals surface area contributed by atoms with E-state index in [0.717, 1.165) is 22.9 Å². The zero-order chi connectivity index (χ0) is 43.7. The molecule has 0 radical (unpaired) electrons. The maximum Gasteiger partial charge on any atom is 0.270 e. The molecule has 0 aliphatic heterocycles. The number of nitrogens with zero attached hydrogens (tertiary/aromatic N) is 9. The van der Waals surface area contributed by atoms with E-state index in [9.17, 15) is 4.79 Å². The van der Waals surface area contributed by atoms with Crippen molar-refractivity contribution in [2.75, 3.05) is 40.2 Å². The van der Waals surface area contributed by atoms with Gasteiger partial charge in [-0.1, -0.05) is 50.2 Å². The summed E-state index contributed by atoms with van der Waals surface area (Å²) in [7, 11) is 6.35. The molecule has 4 heterocycles. The number of anilines is 1. The van der Waals surface area contributed by atoms with Gasteiger partial charge in [-0.25, -0.2) is 9.97 Å². The van der Waals surface area contributed by atoms with Gasteiger partial charge in [0, 0.05) is 61.5 Å². The Bertz CT molecular complexity index is 2430. The average Bonchev–Trinajstić information content (AvgIpc) is 3.98. The number of nitrogens with one attached hydrogen (secondary N) is 3. The molecule has 0 spiro atoms. The van der Waals surface area contributed by atoms with Crippen LogP contribution in [0.15, 0.2) is 102 Å². The minimum absolute atomic E-state index is 0.0667. The third-order valence-electron chi connectivity index (χ3n) is 9.05. The highest BCUT2D eigenvalue weighted by atomic mass is 16.5. The topological polar surface area (TPSA) is 227 Å². The fraction of sp³-hybridized carbons (Fsp3) is 0.279. The molecule has 18 heteroatoms. The lowest BCUT2D eigenvalue weighted by Crippen LogP contribution is -2.25. The first-order valence-electron chi connectivity index (χ1n) is 19.4. The highest BCUT2D eigenvalue weighted by Crippen LogP contribution is 2.30. The Balaban J connectivity index is 0.00000347. The molecular formula is C43H51N13O5. The summed E-state index contributed by atoms with van der Waals surface area (Å²) >= 11 is 0. The minimum atomic E-state index is -0.475. The third-order valence-corrected chi connectivity index (χ3v) is 9.05. The van der Waals surface area contributed by atoms with Crippen molar-refractivity contribution < 1.29 is 23.7 Å². The van der Waals surface area contributed by atoms with Crippen molar-refractivity contribution >= 4 is 23.5 Å². The van der Waals surface area contributed by atoms with E-state index in [1.165, 1.54) is 0 Å². The summed E-state index contributed by atoms with van der Waals surface area (Å²) in [5, 5.41) is 31.7. The number of benzene rings is 2. The van der Waals surface area contributed by atoms with Gasteiger partial charge in [0.1, 0.15) is 47.9 Å². The van der Waals surface area contributed by atoms with Gasteiger partial charge in [0.05, 0.1) is 40.1 Å². The van der Waals surface area contributed by atoms with Crippen LogP contribution in [0.3, 0.4) is 0 Å². The predicted molar refractivity (Wildman–Crippen MR) is 232 cm³/mol. The van der Waals surface area contributed by atoms with E-state index >= 15 is 0 Å². The predicted octanol–water partition coefficient (Wildman–Crippen LogP) is 5.29. The lowest BCUT2D eigenvalue weighted by molar-refractivity contribution is 0.0946. The van der Waals surface area contributed by atoms with Gasteiger partial charge in [-0.2, -0.15) is 0 Å². The largest absolute Gasteiger partial charge is 0.497 e. The van der Waals surface area contributed by atoms with Crippen LogP contribution in [0.5, 0.6) is 17.4 Å². The molecule has 0 saturated heterocycles. The van der Waals surface area contributed by atoms with Gasteiger partial charge >= 0.3 is 0 Å². The van der Waals surface area contributed by atoms with Crippen LogP contribution < -0.4 is 30.6 Å². The second-order valence-corrected chi connectivity index (χ2v) is 12.9. The monoisotopic (exact) mass is 829 g/mol. The van der Waals surface area contributed by atoms with Crippen LogP contribution in [-0.2, 0) is 31.0 Å². The molecule has 0 aliphatic carbocycles. The van der Waals surface area contributed by atoms with E-state index in [1.54, 1.807) is 87.6 Å². The SMILES string of the molecule is CC.CNc1cc(C(=O)NCc2ccc(OC)cc2OC)nc(-c2nnc(C(=NCCn3cnnc3)/C(OCc3ccccc3)=C(/C)N)n2Cc2ccc(OC)nc2)c1C=N. The summed E-state index contributed by atoms with van der Waals surface area (Å²) in [4.78, 5) is 28.1. The van der Waals surface area contributed by atoms with Crippen molar-refractivity contribution in [2.45, 2.75) is 47.0 Å². The Morgan fingerprint density at radius 3 is 2.36 bits per heavy atom. The molecule has 5 N–H and O–H groups in total. The molecule has 0 saturated carbocycles. The summed E-state index contributed by atoms with van der Waals surface area (Å²) in [6.45, 7) is 6.94. The first-order chi connectivity index (χ1) is 29.8. The van der Waals surface area contributed by atoms with Crippen LogP contribution in [-0.4, -0.2) is 92.3 Å². The summed E-state index contributed by atoms with van der Waals surface area (Å²) in [5.41, 5.74) is 10.7. The molecule has 0 fully saturated rings. The minimum Gasteiger partial charge on any atom is -0.497 e. The smallest absolute Gasteiger partial charge is 0.270 e. The lowest BCUT2D eigenvalue weighted by Gasteiger charge is -2.18. The first-order valence-corrected chi connectivity index (χ1v) is 19.4. The molecule has 0 unspecified atom stereocenters. The van der Waals surface area contributed by atoms with Crippen LogP contribution in [0.1, 0.15) is 59.3 Å². The molecule has 2 aromatic carbocycles. The van der Waals surface area contributed by atoms with Crippen LogP contribution in [0.4, 0.5) is 5.69 Å². The summed E-state index contributed by atoms with van der Waals surface area (Å²) in [5.74, 6) is 1.95. The molecule has 6 aromatic rings. The lowest BCUT2D eigenvalue weighted by atomic mass is 10.1. The molecule has 0 aliphatic rings. The number of amides is 1. The third kappa shape index (κ3) is 11.1. The van der Waals surface area contributed by atoms with E-state index in [-0.39, 0.29) is 49.3 Å². The second kappa shape index (κ2) is 21.9. The zero-order valence-corrected chi connectivity index (χ0v) is 35.3. The van der Waals surface area contributed by atoms with Gasteiger partial charge in [-0.3, -0.25) is 14.4 Å². The van der Waals surface area contributed by atoms with Crippen LogP contribution in [0.2, 0.25) is 0 Å². The number of allylic oxidation sites excluding steroid dienone is 2. The number of carbonyl (C=O) groups is 1. The van der Waals surface area contributed by atoms with Gasteiger partial charge in [-0.15, -0.1) is 20.4 Å². The van der Waals surface area contributed by atoms with Crippen molar-refractivity contribution in [3.8, 4) is 28.9 Å². The van der Waals surface area contributed by atoms with Crippen LogP contribution >= 0.6 is 0 Å². The van der Waals surface area contributed by atoms with E-state index in [2.05, 4.69) is 36.0 Å². The van der Waals surface area contributed by atoms with Gasteiger partial charge in [0.2, 0.25) is 5.88 Å². The molecular weight excluding hydrogens is 779 g/mol. The number of nitrogens with two attached hydrogens (primary N) is 1. The maximum absolute atomic E-state index is 13.9. The summed E-state index contributed by atoms with van der Waals surface area (Å²) < 4.78 is 26.2. The molecule has 6 rings (SSSR count). The number of aromatic nitrogens is 8. The van der Waals surface area contributed by atoms with Crippen molar-refractivity contribution in [3.63, 3.8) is 0 Å². The van der Waals surface area contributed by atoms with E-state index in [0.29, 0.717) is 52.3 Å². The number of hydrogen-bond donors (Lipinski definition) is 4. The second-order valence-electron chi connectivity index (χ2n) is 12.9. The number of ether oxygens (including phenoxy) is 4. The average molecular weight is 830 g/mol. The van der Waals surface area contributed by atoms with Crippen LogP contribution in [0, 0.1) is 5.41 Å². The highest BCUT2D eigenvalue weighted by Gasteiger charge is 2.27. The number of aliphatic imine (C=N–C) groups is 1. The Morgan fingerprint density at radius 1 is 0.951 bits per heavy atom. The molecule has 61 heavy (non-hydrogen) atoms.